The van der Waals surface area contributed by atoms with Crippen molar-refractivity contribution >= 4 is 5.91 Å². The van der Waals surface area contributed by atoms with Gasteiger partial charge in [0.05, 0.1) is 20.3 Å². The molecule has 5 nitrogen and oxygen atoms in total. The lowest BCUT2D eigenvalue weighted by Gasteiger charge is -2.19. The molecule has 0 spiro atoms. The van der Waals surface area contributed by atoms with Crippen molar-refractivity contribution in [3.63, 3.8) is 0 Å². The van der Waals surface area contributed by atoms with Crippen LogP contribution in [0.25, 0.3) is 0 Å². The second-order valence-electron chi connectivity index (χ2n) is 5.93. The molecule has 0 unspecified atom stereocenters. The first-order valence-electron chi connectivity index (χ1n) is 8.84. The van der Waals surface area contributed by atoms with Gasteiger partial charge in [0.1, 0.15) is 5.75 Å². The molecule has 0 aromatic heterocycles. The number of rotatable bonds is 9. The summed E-state index contributed by atoms with van der Waals surface area (Å²) in [5.41, 5.74) is 2.20. The monoisotopic (exact) mass is 357 g/mol. The van der Waals surface area contributed by atoms with E-state index in [-0.39, 0.29) is 18.6 Å². The van der Waals surface area contributed by atoms with Crippen LogP contribution < -0.4 is 19.5 Å². The maximum atomic E-state index is 12.3. The zero-order chi connectivity index (χ0) is 18.9. The minimum atomic E-state index is -0.161. The van der Waals surface area contributed by atoms with Crippen molar-refractivity contribution in [1.82, 2.24) is 5.32 Å². The number of methoxy groups -OCH3 is 2. The van der Waals surface area contributed by atoms with E-state index in [0.717, 1.165) is 18.4 Å². The average molecular weight is 357 g/mol. The van der Waals surface area contributed by atoms with Gasteiger partial charge in [-0.15, -0.1) is 0 Å². The van der Waals surface area contributed by atoms with Gasteiger partial charge in [0.15, 0.2) is 18.1 Å². The molecule has 0 saturated heterocycles. The van der Waals surface area contributed by atoms with Gasteiger partial charge in [-0.05, 0) is 48.2 Å². The second-order valence-corrected chi connectivity index (χ2v) is 5.93. The van der Waals surface area contributed by atoms with Gasteiger partial charge in [-0.3, -0.25) is 4.79 Å². The number of benzene rings is 2. The Bertz CT molecular complexity index is 712. The maximum absolute atomic E-state index is 12.3. The summed E-state index contributed by atoms with van der Waals surface area (Å²) < 4.78 is 16.2. The van der Waals surface area contributed by atoms with Gasteiger partial charge >= 0.3 is 0 Å². The number of nitrogens with one attached hydrogen (secondary N) is 1. The van der Waals surface area contributed by atoms with Gasteiger partial charge in [0.25, 0.3) is 5.91 Å². The Balaban J connectivity index is 1.96. The molecule has 1 N–H and O–H groups in total. The third kappa shape index (κ3) is 5.15. The lowest BCUT2D eigenvalue weighted by Crippen LogP contribution is -2.32. The van der Waals surface area contributed by atoms with Gasteiger partial charge in [-0.1, -0.05) is 32.0 Å². The highest BCUT2D eigenvalue weighted by Crippen LogP contribution is 2.30. The molecule has 26 heavy (non-hydrogen) atoms. The van der Waals surface area contributed by atoms with Gasteiger partial charge in [-0.25, -0.2) is 0 Å². The Morgan fingerprint density at radius 3 is 2.27 bits per heavy atom. The van der Waals surface area contributed by atoms with E-state index in [1.165, 1.54) is 5.56 Å². The standard InChI is InChI=1S/C21H27NO4/c1-5-15-7-10-17(11-8-15)26-14-21(23)22-18(6-2)16-9-12-19(24-3)20(13-16)25-4/h7-13,18H,5-6,14H2,1-4H3,(H,22,23)/t18-/m1/s1. The number of aryl methyl sites for hydroxylation is 1. The molecule has 0 saturated carbocycles. The average Bonchev–Trinajstić information content (AvgIpc) is 2.70. The number of hydrogen-bond acceptors (Lipinski definition) is 4. The molecular formula is C21H27NO4. The van der Waals surface area contributed by atoms with Crippen molar-refractivity contribution in [1.29, 1.82) is 0 Å². The Labute approximate surface area is 155 Å². The molecule has 0 fully saturated rings. The second kappa shape index (κ2) is 9.70. The summed E-state index contributed by atoms with van der Waals surface area (Å²) in [6.07, 6.45) is 1.73. The minimum Gasteiger partial charge on any atom is -0.493 e. The molecule has 2 aromatic carbocycles. The lowest BCUT2D eigenvalue weighted by atomic mass is 10.0. The molecule has 1 atom stereocenters. The summed E-state index contributed by atoms with van der Waals surface area (Å²) in [6.45, 7) is 4.10. The van der Waals surface area contributed by atoms with Crippen LogP contribution in [0, 0.1) is 0 Å². The van der Waals surface area contributed by atoms with Crippen LogP contribution in [0.5, 0.6) is 17.2 Å². The van der Waals surface area contributed by atoms with Crippen LogP contribution >= 0.6 is 0 Å². The van der Waals surface area contributed by atoms with Crippen molar-refractivity contribution in [2.45, 2.75) is 32.7 Å². The van der Waals surface area contributed by atoms with Crippen LogP contribution in [-0.2, 0) is 11.2 Å². The van der Waals surface area contributed by atoms with E-state index in [1.807, 2.05) is 49.4 Å². The van der Waals surface area contributed by atoms with Crippen molar-refractivity contribution in [2.75, 3.05) is 20.8 Å². The van der Waals surface area contributed by atoms with E-state index in [9.17, 15) is 4.79 Å². The van der Waals surface area contributed by atoms with E-state index < -0.39 is 0 Å². The number of carbonyl (C=O) groups excluding carboxylic acids is 1. The zero-order valence-corrected chi connectivity index (χ0v) is 15.9. The fraction of sp³-hybridized carbons (Fsp3) is 0.381. The van der Waals surface area contributed by atoms with Crippen molar-refractivity contribution in [3.05, 3.63) is 53.6 Å². The summed E-state index contributed by atoms with van der Waals surface area (Å²) in [5, 5.41) is 3.00. The number of ether oxygens (including phenoxy) is 3. The summed E-state index contributed by atoms with van der Waals surface area (Å²) in [7, 11) is 3.19. The first-order valence-corrected chi connectivity index (χ1v) is 8.84. The molecule has 2 rings (SSSR count). The predicted molar refractivity (Wildman–Crippen MR) is 102 cm³/mol. The fourth-order valence-electron chi connectivity index (χ4n) is 2.70. The van der Waals surface area contributed by atoms with E-state index >= 15 is 0 Å². The summed E-state index contributed by atoms with van der Waals surface area (Å²) in [4.78, 5) is 12.3. The van der Waals surface area contributed by atoms with Crippen LogP contribution in [0.2, 0.25) is 0 Å². The zero-order valence-electron chi connectivity index (χ0n) is 15.9. The van der Waals surface area contributed by atoms with Gasteiger partial charge in [0, 0.05) is 0 Å². The molecule has 2 aromatic rings. The fourth-order valence-corrected chi connectivity index (χ4v) is 2.70. The van der Waals surface area contributed by atoms with E-state index in [4.69, 9.17) is 14.2 Å². The summed E-state index contributed by atoms with van der Waals surface area (Å²) in [5.74, 6) is 1.84. The van der Waals surface area contributed by atoms with Crippen LogP contribution in [0.15, 0.2) is 42.5 Å². The first kappa shape index (κ1) is 19.6. The van der Waals surface area contributed by atoms with Gasteiger partial charge in [-0.2, -0.15) is 0 Å². The Hall–Kier alpha value is -2.69. The topological polar surface area (TPSA) is 56.8 Å². The van der Waals surface area contributed by atoms with Crippen molar-refractivity contribution in [3.8, 4) is 17.2 Å². The molecule has 0 aliphatic rings. The van der Waals surface area contributed by atoms with Crippen LogP contribution in [0.4, 0.5) is 0 Å². The number of carbonyl (C=O) groups is 1. The molecule has 1 amide bonds. The van der Waals surface area contributed by atoms with Gasteiger partial charge < -0.3 is 19.5 Å². The lowest BCUT2D eigenvalue weighted by molar-refractivity contribution is -0.123. The van der Waals surface area contributed by atoms with Crippen molar-refractivity contribution in [2.24, 2.45) is 0 Å². The summed E-state index contributed by atoms with van der Waals surface area (Å²) in [6, 6.07) is 13.3. The quantitative estimate of drug-likeness (QED) is 0.739. The molecule has 0 heterocycles. The third-order valence-electron chi connectivity index (χ3n) is 4.25. The first-order chi connectivity index (χ1) is 12.6. The molecule has 0 aliphatic heterocycles. The molecular weight excluding hydrogens is 330 g/mol. The van der Waals surface area contributed by atoms with Crippen molar-refractivity contribution < 1.29 is 19.0 Å². The van der Waals surface area contributed by atoms with Gasteiger partial charge in [0.2, 0.25) is 0 Å². The number of hydrogen-bond donors (Lipinski definition) is 1. The maximum Gasteiger partial charge on any atom is 0.258 e. The SMILES string of the molecule is CCc1ccc(OCC(=O)N[C@H](CC)c2ccc(OC)c(OC)c2)cc1. The minimum absolute atomic E-state index is 0.0186. The Morgan fingerprint density at radius 2 is 1.69 bits per heavy atom. The number of amides is 1. The van der Waals surface area contributed by atoms with E-state index in [0.29, 0.717) is 17.2 Å². The highest BCUT2D eigenvalue weighted by molar-refractivity contribution is 5.78. The predicted octanol–water partition coefficient (Wildman–Crippen LogP) is 3.91. The highest BCUT2D eigenvalue weighted by Gasteiger charge is 2.15. The summed E-state index contributed by atoms with van der Waals surface area (Å²) >= 11 is 0. The normalized spacial score (nSPS) is 11.5. The van der Waals surface area contributed by atoms with Crippen LogP contribution in [0.3, 0.4) is 0 Å². The molecule has 5 heteroatoms. The molecule has 0 radical (unpaired) electrons. The Morgan fingerprint density at radius 1 is 1.00 bits per heavy atom. The van der Waals surface area contributed by atoms with E-state index in [1.54, 1.807) is 14.2 Å². The third-order valence-corrected chi connectivity index (χ3v) is 4.25. The molecule has 140 valence electrons. The smallest absolute Gasteiger partial charge is 0.258 e. The van der Waals surface area contributed by atoms with Crippen LogP contribution in [0.1, 0.15) is 37.4 Å². The van der Waals surface area contributed by atoms with E-state index in [2.05, 4.69) is 12.2 Å². The Kier molecular flexibility index (Phi) is 7.33. The highest BCUT2D eigenvalue weighted by atomic mass is 16.5. The van der Waals surface area contributed by atoms with Crippen LogP contribution in [-0.4, -0.2) is 26.7 Å². The largest absolute Gasteiger partial charge is 0.493 e. The molecule has 0 aliphatic carbocycles. The molecule has 0 bridgehead atoms.